The van der Waals surface area contributed by atoms with E-state index in [2.05, 4.69) is 9.93 Å². The van der Waals surface area contributed by atoms with Gasteiger partial charge in [0.1, 0.15) is 0 Å². The van der Waals surface area contributed by atoms with E-state index in [4.69, 9.17) is 0 Å². The third-order valence-electron chi connectivity index (χ3n) is 8.66. The lowest BCUT2D eigenvalue weighted by molar-refractivity contribution is -0.0411. The van der Waals surface area contributed by atoms with Crippen molar-refractivity contribution in [3.63, 3.8) is 0 Å². The predicted molar refractivity (Wildman–Crippen MR) is 117 cm³/mol. The Morgan fingerprint density at radius 1 is 0.900 bits per heavy atom. The van der Waals surface area contributed by atoms with Gasteiger partial charge in [0.15, 0.2) is 0 Å². The molecule has 0 saturated heterocycles. The highest BCUT2D eigenvalue weighted by Gasteiger charge is 2.51. The van der Waals surface area contributed by atoms with Crippen LogP contribution in [0.2, 0.25) is 0 Å². The lowest BCUT2D eigenvalue weighted by Gasteiger charge is -2.52. The molecule has 7 atom stereocenters. The molecular weight excluding hydrogens is 396 g/mol. The molecule has 164 valence electrons. The molecule has 4 aliphatic rings. The molecule has 4 fully saturated rings. The van der Waals surface area contributed by atoms with Crippen LogP contribution in [-0.2, 0) is 10.0 Å². The summed E-state index contributed by atoms with van der Waals surface area (Å²) < 4.78 is 25.3. The van der Waals surface area contributed by atoms with Crippen molar-refractivity contribution in [1.29, 1.82) is 0 Å². The van der Waals surface area contributed by atoms with Gasteiger partial charge in [-0.1, -0.05) is 17.7 Å². The smallest absolute Gasteiger partial charge is 0.276 e. The Bertz CT molecular complexity index is 911. The van der Waals surface area contributed by atoms with Gasteiger partial charge in [0.05, 0.1) is 11.0 Å². The molecule has 0 bridgehead atoms. The molecule has 0 aliphatic heterocycles. The topological polar surface area (TPSA) is 78.8 Å². The zero-order valence-corrected chi connectivity index (χ0v) is 18.7. The highest BCUT2D eigenvalue weighted by Crippen LogP contribution is 2.57. The second-order valence-corrected chi connectivity index (χ2v) is 11.9. The Hall–Kier alpha value is -1.40. The molecule has 0 amide bonds. The summed E-state index contributed by atoms with van der Waals surface area (Å²) in [5, 5.41) is 14.5. The van der Waals surface area contributed by atoms with E-state index in [1.807, 2.05) is 19.1 Å². The number of aryl methyl sites for hydroxylation is 1. The summed E-state index contributed by atoms with van der Waals surface area (Å²) in [6.07, 6.45) is 10.1. The molecule has 7 unspecified atom stereocenters. The zero-order valence-electron chi connectivity index (χ0n) is 17.8. The maximum atomic E-state index is 12.6. The first-order chi connectivity index (χ1) is 14.4. The molecule has 5 rings (SSSR count). The van der Waals surface area contributed by atoms with Crippen LogP contribution in [0.25, 0.3) is 0 Å². The molecule has 1 aromatic rings. The summed E-state index contributed by atoms with van der Waals surface area (Å²) in [6.45, 7) is 1.95. The van der Waals surface area contributed by atoms with Crippen LogP contribution in [0, 0.1) is 42.4 Å². The summed E-state index contributed by atoms with van der Waals surface area (Å²) in [7, 11) is -3.61. The van der Waals surface area contributed by atoms with Crippen LogP contribution in [0.4, 0.5) is 0 Å². The molecule has 0 heterocycles. The number of hydrogen-bond acceptors (Lipinski definition) is 4. The number of aliphatic hydroxyl groups is 1. The van der Waals surface area contributed by atoms with Crippen molar-refractivity contribution in [2.45, 2.75) is 75.7 Å². The minimum atomic E-state index is -3.61. The molecule has 0 aromatic heterocycles. The van der Waals surface area contributed by atoms with Crippen LogP contribution in [0.15, 0.2) is 34.3 Å². The van der Waals surface area contributed by atoms with Crippen LogP contribution in [0.1, 0.15) is 63.4 Å². The van der Waals surface area contributed by atoms with Gasteiger partial charge in [-0.2, -0.15) is 13.5 Å². The van der Waals surface area contributed by atoms with Crippen molar-refractivity contribution in [2.24, 2.45) is 40.6 Å². The number of fused-ring (bicyclic) bond motifs is 5. The largest absolute Gasteiger partial charge is 0.393 e. The SMILES string of the molecule is Cc1ccc(S(=O)(=O)NN=C2CCC3C2CCC2C4CCC(O)CC4CCC32)cc1. The average molecular weight is 431 g/mol. The summed E-state index contributed by atoms with van der Waals surface area (Å²) in [5.41, 5.74) is 2.10. The van der Waals surface area contributed by atoms with Gasteiger partial charge in [-0.3, -0.25) is 0 Å². The Morgan fingerprint density at radius 2 is 1.60 bits per heavy atom. The van der Waals surface area contributed by atoms with Gasteiger partial charge >= 0.3 is 0 Å². The molecule has 0 radical (unpaired) electrons. The van der Waals surface area contributed by atoms with Crippen LogP contribution in [0.5, 0.6) is 0 Å². The summed E-state index contributed by atoms with van der Waals surface area (Å²) in [6, 6.07) is 6.91. The van der Waals surface area contributed by atoms with Gasteiger partial charge in [0, 0.05) is 11.6 Å². The van der Waals surface area contributed by atoms with E-state index in [-0.39, 0.29) is 11.0 Å². The molecule has 30 heavy (non-hydrogen) atoms. The normalized spacial score (nSPS) is 39.8. The fraction of sp³-hybridized carbons (Fsp3) is 0.708. The molecule has 1 aromatic carbocycles. The highest BCUT2D eigenvalue weighted by molar-refractivity contribution is 7.89. The van der Waals surface area contributed by atoms with E-state index >= 15 is 0 Å². The Labute approximate surface area is 180 Å². The van der Waals surface area contributed by atoms with Crippen molar-refractivity contribution in [1.82, 2.24) is 4.83 Å². The van der Waals surface area contributed by atoms with Crippen LogP contribution < -0.4 is 4.83 Å². The van der Waals surface area contributed by atoms with Gasteiger partial charge in [0.2, 0.25) is 0 Å². The standard InChI is InChI=1S/C24H34N2O3S/c1-15-2-6-18(7-3-15)30(28,29)26-25-24-13-12-22-21-8-4-16-14-17(27)5-9-19(16)20(21)10-11-23(22)24/h2-3,6-7,16-17,19-23,26-27H,4-5,8-14H2,1H3. The van der Waals surface area contributed by atoms with E-state index in [9.17, 15) is 13.5 Å². The Balaban J connectivity index is 1.28. The van der Waals surface area contributed by atoms with Gasteiger partial charge in [-0.25, -0.2) is 4.83 Å². The fourth-order valence-electron chi connectivity index (χ4n) is 7.30. The van der Waals surface area contributed by atoms with Gasteiger partial charge in [-0.05, 0) is 106 Å². The summed E-state index contributed by atoms with van der Waals surface area (Å²) in [5.74, 6) is 4.20. The number of benzene rings is 1. The molecular formula is C24H34N2O3S. The number of hydrogen-bond donors (Lipinski definition) is 2. The number of hydrazone groups is 1. The third kappa shape index (κ3) is 3.70. The summed E-state index contributed by atoms with van der Waals surface area (Å²) >= 11 is 0. The minimum Gasteiger partial charge on any atom is -0.393 e. The summed E-state index contributed by atoms with van der Waals surface area (Å²) in [4.78, 5) is 2.80. The molecule has 6 heteroatoms. The van der Waals surface area contributed by atoms with E-state index in [1.54, 1.807) is 12.1 Å². The molecule has 4 aliphatic carbocycles. The van der Waals surface area contributed by atoms with Gasteiger partial charge < -0.3 is 5.11 Å². The van der Waals surface area contributed by atoms with Crippen LogP contribution >= 0.6 is 0 Å². The van der Waals surface area contributed by atoms with Crippen LogP contribution in [0.3, 0.4) is 0 Å². The molecule has 4 saturated carbocycles. The predicted octanol–water partition coefficient (Wildman–Crippen LogP) is 4.25. The lowest BCUT2D eigenvalue weighted by atomic mass is 9.53. The zero-order chi connectivity index (χ0) is 20.9. The van der Waals surface area contributed by atoms with Crippen molar-refractivity contribution in [3.05, 3.63) is 29.8 Å². The average Bonchev–Trinajstić information content (AvgIpc) is 3.15. The Kier molecular flexibility index (Phi) is 5.42. The molecule has 5 nitrogen and oxygen atoms in total. The lowest BCUT2D eigenvalue weighted by Crippen LogP contribution is -2.45. The van der Waals surface area contributed by atoms with Crippen molar-refractivity contribution in [2.75, 3.05) is 0 Å². The maximum absolute atomic E-state index is 12.6. The van der Waals surface area contributed by atoms with Gasteiger partial charge in [-0.15, -0.1) is 0 Å². The first kappa shape index (κ1) is 20.5. The molecule has 2 N–H and O–H groups in total. The first-order valence-electron chi connectivity index (χ1n) is 11.8. The fourth-order valence-corrected chi connectivity index (χ4v) is 8.13. The van der Waals surface area contributed by atoms with E-state index in [0.717, 1.165) is 67.1 Å². The second-order valence-electron chi connectivity index (χ2n) is 10.2. The van der Waals surface area contributed by atoms with Crippen molar-refractivity contribution in [3.8, 4) is 0 Å². The monoisotopic (exact) mass is 430 g/mol. The van der Waals surface area contributed by atoms with Gasteiger partial charge in [0.25, 0.3) is 10.0 Å². The Morgan fingerprint density at radius 3 is 2.40 bits per heavy atom. The first-order valence-corrected chi connectivity index (χ1v) is 13.2. The number of aliphatic hydroxyl groups excluding tert-OH is 1. The third-order valence-corrected chi connectivity index (χ3v) is 9.89. The van der Waals surface area contributed by atoms with E-state index < -0.39 is 10.0 Å². The van der Waals surface area contributed by atoms with Crippen molar-refractivity contribution < 1.29 is 13.5 Å². The van der Waals surface area contributed by atoms with E-state index in [1.165, 1.54) is 25.7 Å². The second kappa shape index (κ2) is 7.94. The number of rotatable bonds is 3. The number of nitrogens with zero attached hydrogens (tertiary/aromatic N) is 1. The van der Waals surface area contributed by atoms with Crippen LogP contribution in [-0.4, -0.2) is 25.3 Å². The maximum Gasteiger partial charge on any atom is 0.276 e. The number of sulfonamides is 1. The minimum absolute atomic E-state index is 0.0779. The quantitative estimate of drug-likeness (QED) is 0.704. The highest BCUT2D eigenvalue weighted by atomic mass is 32.2. The molecule has 0 spiro atoms. The van der Waals surface area contributed by atoms with E-state index in [0.29, 0.717) is 11.8 Å². The van der Waals surface area contributed by atoms with Crippen molar-refractivity contribution >= 4 is 15.7 Å². The number of nitrogens with one attached hydrogen (secondary N) is 1.